The first-order valence-electron chi connectivity index (χ1n) is 10.1. The number of nitrogens with zero attached hydrogens (tertiary/aromatic N) is 2. The van der Waals surface area contributed by atoms with Crippen molar-refractivity contribution in [2.75, 3.05) is 52.3 Å². The largest absolute Gasteiger partial charge is 0.497 e. The summed E-state index contributed by atoms with van der Waals surface area (Å²) in [4.78, 5) is 14.8. The van der Waals surface area contributed by atoms with Gasteiger partial charge in [-0.1, -0.05) is 17.7 Å². The van der Waals surface area contributed by atoms with E-state index >= 15 is 0 Å². The first-order chi connectivity index (χ1) is 14.8. The molecule has 3 rings (SSSR count). The molecule has 1 saturated heterocycles. The van der Waals surface area contributed by atoms with Gasteiger partial charge in [0, 0.05) is 25.7 Å². The minimum Gasteiger partial charge on any atom is -0.497 e. The Bertz CT molecular complexity index is 1010. The van der Waals surface area contributed by atoms with Crippen molar-refractivity contribution in [2.24, 2.45) is 0 Å². The predicted molar refractivity (Wildman–Crippen MR) is 119 cm³/mol. The molecule has 1 aliphatic rings. The Morgan fingerprint density at radius 2 is 1.74 bits per heavy atom. The summed E-state index contributed by atoms with van der Waals surface area (Å²) in [5.41, 5.74) is 1.58. The van der Waals surface area contributed by atoms with Gasteiger partial charge in [0.05, 0.1) is 31.3 Å². The Labute approximate surface area is 183 Å². The third-order valence-corrected chi connectivity index (χ3v) is 7.17. The Hall–Kier alpha value is -2.62. The molecule has 0 atom stereocenters. The van der Waals surface area contributed by atoms with Crippen LogP contribution in [0.15, 0.2) is 47.4 Å². The molecule has 2 aromatic rings. The SMILES string of the molecule is COc1ccc(NC(=O)CN2CCCN(S(=O)(=O)c3ccc(C)cc3)CC2)c(OC)c1. The Morgan fingerprint density at radius 3 is 2.42 bits per heavy atom. The molecule has 1 N–H and O–H groups in total. The maximum Gasteiger partial charge on any atom is 0.243 e. The van der Waals surface area contributed by atoms with Crippen LogP contribution in [0, 0.1) is 6.92 Å². The lowest BCUT2D eigenvalue weighted by atomic mass is 10.2. The van der Waals surface area contributed by atoms with Gasteiger partial charge in [-0.25, -0.2) is 8.42 Å². The maximum absolute atomic E-state index is 12.9. The number of hydrogen-bond acceptors (Lipinski definition) is 6. The van der Waals surface area contributed by atoms with E-state index in [0.717, 1.165) is 5.56 Å². The van der Waals surface area contributed by atoms with Crippen LogP contribution in [0.3, 0.4) is 0 Å². The molecule has 168 valence electrons. The fourth-order valence-corrected chi connectivity index (χ4v) is 4.97. The van der Waals surface area contributed by atoms with E-state index in [1.54, 1.807) is 49.6 Å². The van der Waals surface area contributed by atoms with Crippen LogP contribution in [0.5, 0.6) is 11.5 Å². The predicted octanol–water partition coefficient (Wildman–Crippen LogP) is 2.35. The van der Waals surface area contributed by atoms with Crippen LogP contribution in [0.25, 0.3) is 0 Å². The zero-order chi connectivity index (χ0) is 22.4. The molecule has 0 spiro atoms. The number of sulfonamides is 1. The van der Waals surface area contributed by atoms with Crippen LogP contribution < -0.4 is 14.8 Å². The van der Waals surface area contributed by atoms with Gasteiger partial charge in [0.2, 0.25) is 15.9 Å². The molecule has 9 heteroatoms. The molecular formula is C22H29N3O5S. The number of carbonyl (C=O) groups excluding carboxylic acids is 1. The lowest BCUT2D eigenvalue weighted by Gasteiger charge is -2.21. The number of hydrogen-bond donors (Lipinski definition) is 1. The van der Waals surface area contributed by atoms with E-state index < -0.39 is 10.0 Å². The summed E-state index contributed by atoms with van der Waals surface area (Å²) in [5, 5.41) is 2.86. The summed E-state index contributed by atoms with van der Waals surface area (Å²) in [6.45, 7) is 4.00. The molecule has 2 aromatic carbocycles. The first kappa shape index (κ1) is 23.1. The molecule has 0 unspecified atom stereocenters. The average Bonchev–Trinajstić information content (AvgIpc) is 3.00. The monoisotopic (exact) mass is 447 g/mol. The lowest BCUT2D eigenvalue weighted by molar-refractivity contribution is -0.117. The molecule has 1 heterocycles. The van der Waals surface area contributed by atoms with E-state index in [9.17, 15) is 13.2 Å². The maximum atomic E-state index is 12.9. The topological polar surface area (TPSA) is 88.2 Å². The Kier molecular flexibility index (Phi) is 7.53. The zero-order valence-electron chi connectivity index (χ0n) is 18.1. The van der Waals surface area contributed by atoms with Gasteiger partial charge in [0.15, 0.2) is 0 Å². The molecule has 0 bridgehead atoms. The average molecular weight is 448 g/mol. The van der Waals surface area contributed by atoms with E-state index in [4.69, 9.17) is 9.47 Å². The summed E-state index contributed by atoms with van der Waals surface area (Å²) in [6.07, 6.45) is 0.657. The van der Waals surface area contributed by atoms with Gasteiger partial charge >= 0.3 is 0 Å². The summed E-state index contributed by atoms with van der Waals surface area (Å²) in [5.74, 6) is 0.967. The summed E-state index contributed by atoms with van der Waals surface area (Å²) in [7, 11) is -0.446. The second-order valence-corrected chi connectivity index (χ2v) is 9.40. The minimum atomic E-state index is -3.54. The molecule has 0 aliphatic carbocycles. The quantitative estimate of drug-likeness (QED) is 0.701. The summed E-state index contributed by atoms with van der Waals surface area (Å²) >= 11 is 0. The van der Waals surface area contributed by atoms with Crippen LogP contribution in [-0.4, -0.2) is 70.5 Å². The number of ether oxygens (including phenoxy) is 2. The fraction of sp³-hybridized carbons (Fsp3) is 0.409. The molecule has 1 amide bonds. The molecule has 31 heavy (non-hydrogen) atoms. The highest BCUT2D eigenvalue weighted by atomic mass is 32.2. The normalized spacial score (nSPS) is 15.8. The number of methoxy groups -OCH3 is 2. The second-order valence-electron chi connectivity index (χ2n) is 7.46. The molecular weight excluding hydrogens is 418 g/mol. The lowest BCUT2D eigenvalue weighted by Crippen LogP contribution is -2.38. The highest BCUT2D eigenvalue weighted by Gasteiger charge is 2.27. The van der Waals surface area contributed by atoms with E-state index in [1.807, 2.05) is 11.8 Å². The summed E-state index contributed by atoms with van der Waals surface area (Å²) in [6, 6.07) is 12.1. The molecule has 1 aliphatic heterocycles. The number of nitrogens with one attached hydrogen (secondary N) is 1. The van der Waals surface area contributed by atoms with Crippen molar-refractivity contribution in [3.63, 3.8) is 0 Å². The molecule has 8 nitrogen and oxygen atoms in total. The first-order valence-corrected chi connectivity index (χ1v) is 11.6. The van der Waals surface area contributed by atoms with Crippen molar-refractivity contribution in [1.29, 1.82) is 0 Å². The fourth-order valence-electron chi connectivity index (χ4n) is 3.50. The van der Waals surface area contributed by atoms with Gasteiger partial charge in [-0.3, -0.25) is 9.69 Å². The van der Waals surface area contributed by atoms with Crippen molar-refractivity contribution in [3.8, 4) is 11.5 Å². The minimum absolute atomic E-state index is 0.174. The number of rotatable bonds is 7. The van der Waals surface area contributed by atoms with Crippen molar-refractivity contribution in [3.05, 3.63) is 48.0 Å². The molecule has 0 saturated carbocycles. The standard InChI is InChI=1S/C22H29N3O5S/c1-17-5-8-19(9-6-17)31(27,28)25-12-4-11-24(13-14-25)16-22(26)23-20-10-7-18(29-2)15-21(20)30-3/h5-10,15H,4,11-14,16H2,1-3H3,(H,23,26). The van der Waals surface area contributed by atoms with Crippen LogP contribution >= 0.6 is 0 Å². The van der Waals surface area contributed by atoms with Crippen LogP contribution in [0.4, 0.5) is 5.69 Å². The van der Waals surface area contributed by atoms with E-state index in [0.29, 0.717) is 54.7 Å². The van der Waals surface area contributed by atoms with Crippen LogP contribution in [-0.2, 0) is 14.8 Å². The van der Waals surface area contributed by atoms with Crippen LogP contribution in [0.1, 0.15) is 12.0 Å². The molecule has 0 aromatic heterocycles. The second kappa shape index (κ2) is 10.1. The van der Waals surface area contributed by atoms with Gasteiger partial charge < -0.3 is 14.8 Å². The zero-order valence-corrected chi connectivity index (χ0v) is 18.9. The molecule has 1 fully saturated rings. The van der Waals surface area contributed by atoms with Crippen molar-refractivity contribution in [2.45, 2.75) is 18.2 Å². The third-order valence-electron chi connectivity index (χ3n) is 5.26. The summed E-state index contributed by atoms with van der Waals surface area (Å²) < 4.78 is 37.9. The third kappa shape index (κ3) is 5.75. The number of aryl methyl sites for hydroxylation is 1. The molecule has 0 radical (unpaired) electrons. The highest BCUT2D eigenvalue weighted by molar-refractivity contribution is 7.89. The van der Waals surface area contributed by atoms with Gasteiger partial charge in [-0.05, 0) is 44.2 Å². The van der Waals surface area contributed by atoms with Gasteiger partial charge in [0.1, 0.15) is 11.5 Å². The van der Waals surface area contributed by atoms with Gasteiger partial charge in [-0.2, -0.15) is 4.31 Å². The van der Waals surface area contributed by atoms with Gasteiger partial charge in [0.25, 0.3) is 0 Å². The Morgan fingerprint density at radius 1 is 1.00 bits per heavy atom. The van der Waals surface area contributed by atoms with E-state index in [-0.39, 0.29) is 12.5 Å². The van der Waals surface area contributed by atoms with Crippen molar-refractivity contribution >= 4 is 21.6 Å². The Balaban J connectivity index is 1.60. The van der Waals surface area contributed by atoms with E-state index in [2.05, 4.69) is 5.32 Å². The van der Waals surface area contributed by atoms with Crippen molar-refractivity contribution < 1.29 is 22.7 Å². The smallest absolute Gasteiger partial charge is 0.243 e. The number of amides is 1. The van der Waals surface area contributed by atoms with Gasteiger partial charge in [-0.15, -0.1) is 0 Å². The van der Waals surface area contributed by atoms with Crippen LogP contribution in [0.2, 0.25) is 0 Å². The van der Waals surface area contributed by atoms with Crippen molar-refractivity contribution in [1.82, 2.24) is 9.21 Å². The highest BCUT2D eigenvalue weighted by Crippen LogP contribution is 2.29. The number of carbonyl (C=O) groups is 1. The van der Waals surface area contributed by atoms with E-state index in [1.165, 1.54) is 11.4 Å². The number of benzene rings is 2. The number of anilines is 1.